The Morgan fingerprint density at radius 1 is 1.11 bits per heavy atom. The van der Waals surface area contributed by atoms with Crippen molar-refractivity contribution in [2.45, 2.75) is 0 Å². The van der Waals surface area contributed by atoms with E-state index in [2.05, 4.69) is 4.98 Å². The first-order valence-corrected chi connectivity index (χ1v) is 5.62. The van der Waals surface area contributed by atoms with Crippen LogP contribution in [0.15, 0.2) is 48.7 Å². The average Bonchev–Trinajstić information content (AvgIpc) is 2.46. The Kier molecular flexibility index (Phi) is 3.56. The molecule has 5 heteroatoms. The van der Waals surface area contributed by atoms with Gasteiger partial charge in [0.25, 0.3) is 5.91 Å². The summed E-state index contributed by atoms with van der Waals surface area (Å²) in [6.45, 7) is 0. The lowest BCUT2D eigenvalue weighted by atomic mass is 10.2. The topological polar surface area (TPSA) is 70.5 Å². The first kappa shape index (κ1) is 12.8. The Morgan fingerprint density at radius 3 is 2.42 bits per heavy atom. The van der Waals surface area contributed by atoms with Gasteiger partial charge in [-0.15, -0.1) is 0 Å². The van der Waals surface area contributed by atoms with E-state index < -0.39 is 5.97 Å². The number of aromatic nitrogens is 1. The molecular formula is C14H12N2O3. The highest BCUT2D eigenvalue weighted by atomic mass is 16.4. The van der Waals surface area contributed by atoms with E-state index in [-0.39, 0.29) is 11.5 Å². The van der Waals surface area contributed by atoms with Gasteiger partial charge in [0.2, 0.25) is 0 Å². The van der Waals surface area contributed by atoms with Crippen LogP contribution < -0.4 is 4.90 Å². The van der Waals surface area contributed by atoms with Gasteiger partial charge in [-0.05, 0) is 24.3 Å². The second-order valence-corrected chi connectivity index (χ2v) is 3.94. The molecule has 0 bridgehead atoms. The summed E-state index contributed by atoms with van der Waals surface area (Å²) in [5.41, 5.74) is 0.616. The van der Waals surface area contributed by atoms with Crippen molar-refractivity contribution in [2.24, 2.45) is 0 Å². The molecule has 0 saturated carbocycles. The number of hydrogen-bond donors (Lipinski definition) is 1. The number of rotatable bonds is 3. The van der Waals surface area contributed by atoms with Crippen LogP contribution in [0.25, 0.3) is 0 Å². The predicted molar refractivity (Wildman–Crippen MR) is 70.4 cm³/mol. The zero-order valence-electron chi connectivity index (χ0n) is 10.3. The quantitative estimate of drug-likeness (QED) is 0.912. The van der Waals surface area contributed by atoms with Gasteiger partial charge in [-0.1, -0.05) is 18.2 Å². The Labute approximate surface area is 110 Å². The van der Waals surface area contributed by atoms with Gasteiger partial charge in [0.05, 0.1) is 5.56 Å². The zero-order chi connectivity index (χ0) is 13.8. The van der Waals surface area contributed by atoms with Gasteiger partial charge < -0.3 is 5.11 Å². The number of amides is 1. The molecule has 0 atom stereocenters. The number of anilines is 1. The second-order valence-electron chi connectivity index (χ2n) is 3.94. The first-order chi connectivity index (χ1) is 9.09. The Hall–Kier alpha value is -2.69. The number of aromatic carboxylic acids is 1. The van der Waals surface area contributed by atoms with E-state index in [4.69, 9.17) is 5.11 Å². The summed E-state index contributed by atoms with van der Waals surface area (Å²) in [6.07, 6.45) is 1.37. The van der Waals surface area contributed by atoms with E-state index in [1.54, 1.807) is 31.3 Å². The Bertz CT molecular complexity index is 611. The van der Waals surface area contributed by atoms with Crippen LogP contribution in [0.3, 0.4) is 0 Å². The van der Waals surface area contributed by atoms with Gasteiger partial charge in [-0.2, -0.15) is 0 Å². The van der Waals surface area contributed by atoms with Crippen molar-refractivity contribution in [3.8, 4) is 0 Å². The largest absolute Gasteiger partial charge is 0.478 e. The molecule has 5 nitrogen and oxygen atoms in total. The van der Waals surface area contributed by atoms with Crippen molar-refractivity contribution < 1.29 is 14.7 Å². The summed E-state index contributed by atoms with van der Waals surface area (Å²) >= 11 is 0. The molecule has 19 heavy (non-hydrogen) atoms. The van der Waals surface area contributed by atoms with E-state index in [1.807, 2.05) is 6.07 Å². The van der Waals surface area contributed by atoms with Crippen molar-refractivity contribution in [2.75, 3.05) is 11.9 Å². The molecule has 0 aliphatic rings. The normalized spacial score (nSPS) is 9.95. The van der Waals surface area contributed by atoms with Crippen LogP contribution in [0, 0.1) is 0 Å². The van der Waals surface area contributed by atoms with Crippen LogP contribution in [0.2, 0.25) is 0 Å². The van der Waals surface area contributed by atoms with Crippen LogP contribution in [-0.2, 0) is 0 Å². The standard InChI is InChI=1S/C14H12N2O3/c1-16(13(17)10-5-3-2-4-6-10)12-9-11(14(18)19)7-8-15-12/h2-9H,1H3,(H,18,19). The molecule has 1 heterocycles. The van der Waals surface area contributed by atoms with E-state index in [9.17, 15) is 9.59 Å². The third kappa shape index (κ3) is 2.77. The van der Waals surface area contributed by atoms with E-state index in [0.717, 1.165) is 0 Å². The van der Waals surface area contributed by atoms with Gasteiger partial charge in [-0.25, -0.2) is 9.78 Å². The molecule has 0 unspecified atom stereocenters. The highest BCUT2D eigenvalue weighted by Gasteiger charge is 2.15. The van der Waals surface area contributed by atoms with Crippen molar-refractivity contribution in [3.05, 3.63) is 59.8 Å². The summed E-state index contributed by atoms with van der Waals surface area (Å²) < 4.78 is 0. The number of benzene rings is 1. The molecule has 1 aromatic carbocycles. The van der Waals surface area contributed by atoms with Crippen LogP contribution in [0.1, 0.15) is 20.7 Å². The maximum Gasteiger partial charge on any atom is 0.335 e. The summed E-state index contributed by atoms with van der Waals surface area (Å²) in [7, 11) is 1.56. The molecule has 0 aliphatic heterocycles. The van der Waals surface area contributed by atoms with E-state index in [0.29, 0.717) is 11.4 Å². The molecule has 1 aromatic heterocycles. The van der Waals surface area contributed by atoms with Crippen molar-refractivity contribution in [1.29, 1.82) is 0 Å². The third-order valence-electron chi connectivity index (χ3n) is 2.66. The highest BCUT2D eigenvalue weighted by Crippen LogP contribution is 2.14. The Morgan fingerprint density at radius 2 is 1.79 bits per heavy atom. The minimum Gasteiger partial charge on any atom is -0.478 e. The molecule has 96 valence electrons. The monoisotopic (exact) mass is 256 g/mol. The number of carboxylic acid groups (broad SMARTS) is 1. The summed E-state index contributed by atoms with van der Waals surface area (Å²) in [4.78, 5) is 28.4. The third-order valence-corrected chi connectivity index (χ3v) is 2.66. The molecule has 0 aliphatic carbocycles. The van der Waals surface area contributed by atoms with Crippen molar-refractivity contribution in [3.63, 3.8) is 0 Å². The maximum atomic E-state index is 12.2. The minimum atomic E-state index is -1.05. The van der Waals surface area contributed by atoms with Crippen LogP contribution >= 0.6 is 0 Å². The molecule has 2 rings (SSSR count). The Balaban J connectivity index is 2.29. The molecule has 0 radical (unpaired) electrons. The van der Waals surface area contributed by atoms with Crippen LogP contribution in [0.5, 0.6) is 0 Å². The molecule has 0 fully saturated rings. The highest BCUT2D eigenvalue weighted by molar-refractivity contribution is 6.05. The molecule has 0 spiro atoms. The fourth-order valence-corrected chi connectivity index (χ4v) is 1.61. The van der Waals surface area contributed by atoms with Crippen LogP contribution in [-0.4, -0.2) is 29.0 Å². The van der Waals surface area contributed by atoms with Gasteiger partial charge in [0.15, 0.2) is 0 Å². The average molecular weight is 256 g/mol. The zero-order valence-corrected chi connectivity index (χ0v) is 10.3. The van der Waals surface area contributed by atoms with Crippen LogP contribution in [0.4, 0.5) is 5.82 Å². The van der Waals surface area contributed by atoms with E-state index >= 15 is 0 Å². The smallest absolute Gasteiger partial charge is 0.335 e. The number of nitrogens with zero attached hydrogens (tertiary/aromatic N) is 2. The first-order valence-electron chi connectivity index (χ1n) is 5.62. The SMILES string of the molecule is CN(C(=O)c1ccccc1)c1cc(C(=O)O)ccn1. The van der Waals surface area contributed by atoms with Crippen molar-refractivity contribution >= 4 is 17.7 Å². The summed E-state index contributed by atoms with van der Waals surface area (Å²) in [6, 6.07) is 11.5. The number of carboxylic acids is 1. The molecule has 1 amide bonds. The lowest BCUT2D eigenvalue weighted by Crippen LogP contribution is -2.27. The molecule has 2 aromatic rings. The van der Waals surface area contributed by atoms with Gasteiger partial charge in [0.1, 0.15) is 5.82 Å². The lowest BCUT2D eigenvalue weighted by molar-refractivity contribution is 0.0696. The molecule has 1 N–H and O–H groups in total. The number of hydrogen-bond acceptors (Lipinski definition) is 3. The van der Waals surface area contributed by atoms with Crippen molar-refractivity contribution in [1.82, 2.24) is 4.98 Å². The second kappa shape index (κ2) is 5.30. The minimum absolute atomic E-state index is 0.0951. The summed E-state index contributed by atoms with van der Waals surface area (Å²) in [5, 5.41) is 8.92. The number of pyridine rings is 1. The number of carbonyl (C=O) groups excluding carboxylic acids is 1. The van der Waals surface area contributed by atoms with Gasteiger partial charge in [-0.3, -0.25) is 9.69 Å². The van der Waals surface area contributed by atoms with Gasteiger partial charge in [0, 0.05) is 18.8 Å². The summed E-state index contributed by atoms with van der Waals surface area (Å²) in [5.74, 6) is -0.992. The number of carbonyl (C=O) groups is 2. The maximum absolute atomic E-state index is 12.2. The fraction of sp³-hybridized carbons (Fsp3) is 0.0714. The predicted octanol–water partition coefficient (Wildman–Crippen LogP) is 2.06. The lowest BCUT2D eigenvalue weighted by Gasteiger charge is -2.16. The molecule has 0 saturated heterocycles. The fourth-order valence-electron chi connectivity index (χ4n) is 1.61. The van der Waals surface area contributed by atoms with E-state index in [1.165, 1.54) is 23.2 Å². The molecular weight excluding hydrogens is 244 g/mol. The van der Waals surface area contributed by atoms with Gasteiger partial charge >= 0.3 is 5.97 Å².